The number of benzene rings is 1. The van der Waals surface area contributed by atoms with Crippen molar-refractivity contribution in [3.8, 4) is 5.75 Å². The van der Waals surface area contributed by atoms with Crippen molar-refractivity contribution in [3.63, 3.8) is 0 Å². The molecule has 60 valence electrons. The molecular weight excluding hydrogens is 160 g/mol. The summed E-state index contributed by atoms with van der Waals surface area (Å²) in [6.45, 7) is 3.95. The topological polar surface area (TPSA) is 20.2 Å². The predicted octanol–water partition coefficient (Wildman–Crippen LogP) is 2.92. The molecule has 1 aromatic rings. The average molecular weight is 171 g/mol. The van der Waals surface area contributed by atoms with Crippen LogP contribution in [0.1, 0.15) is 18.1 Å². The Hall–Kier alpha value is -0.690. The minimum absolute atomic E-state index is 0.184. The second-order valence-electron chi connectivity index (χ2n) is 2.61. The molecule has 0 heterocycles. The van der Waals surface area contributed by atoms with Gasteiger partial charge < -0.3 is 5.11 Å². The summed E-state index contributed by atoms with van der Waals surface area (Å²) in [4.78, 5) is 0. The van der Waals surface area contributed by atoms with Gasteiger partial charge in [0.15, 0.2) is 0 Å². The van der Waals surface area contributed by atoms with Gasteiger partial charge in [0.1, 0.15) is 5.75 Å². The summed E-state index contributed by atoms with van der Waals surface area (Å²) < 4.78 is 0. The van der Waals surface area contributed by atoms with Gasteiger partial charge in [-0.2, -0.15) is 0 Å². The van der Waals surface area contributed by atoms with Crippen molar-refractivity contribution in [1.82, 2.24) is 0 Å². The van der Waals surface area contributed by atoms with Gasteiger partial charge in [-0.05, 0) is 30.5 Å². The Labute approximate surface area is 71.6 Å². The van der Waals surface area contributed by atoms with Gasteiger partial charge in [-0.15, -0.1) is 0 Å². The van der Waals surface area contributed by atoms with E-state index in [1.54, 1.807) is 6.07 Å². The van der Waals surface area contributed by atoms with Crippen molar-refractivity contribution in [2.24, 2.45) is 0 Å². The Morgan fingerprint density at radius 1 is 1.45 bits per heavy atom. The van der Waals surface area contributed by atoms with Crippen LogP contribution in [-0.4, -0.2) is 5.11 Å². The summed E-state index contributed by atoms with van der Waals surface area (Å²) >= 11 is 5.82. The molecule has 0 saturated carbocycles. The Balaban J connectivity index is 3.24. The maximum Gasteiger partial charge on any atom is 0.134 e. The first-order valence-electron chi connectivity index (χ1n) is 3.63. The van der Waals surface area contributed by atoms with Crippen LogP contribution in [0, 0.1) is 6.92 Å². The van der Waals surface area contributed by atoms with Crippen LogP contribution in [0.4, 0.5) is 0 Å². The molecule has 0 unspecified atom stereocenters. The van der Waals surface area contributed by atoms with Crippen LogP contribution in [-0.2, 0) is 6.42 Å². The fourth-order valence-electron chi connectivity index (χ4n) is 1.08. The quantitative estimate of drug-likeness (QED) is 0.687. The highest BCUT2D eigenvalue weighted by atomic mass is 35.5. The average Bonchev–Trinajstić information content (AvgIpc) is 1.96. The lowest BCUT2D eigenvalue weighted by atomic mass is 10.1. The van der Waals surface area contributed by atoms with Gasteiger partial charge >= 0.3 is 0 Å². The highest BCUT2D eigenvalue weighted by Gasteiger charge is 2.03. The lowest BCUT2D eigenvalue weighted by Crippen LogP contribution is -1.84. The molecule has 2 heteroatoms. The van der Waals surface area contributed by atoms with E-state index in [0.29, 0.717) is 5.02 Å². The predicted molar refractivity (Wildman–Crippen MR) is 47.2 cm³/mol. The normalized spacial score (nSPS) is 10.1. The summed E-state index contributed by atoms with van der Waals surface area (Å²) in [6.07, 6.45) is 0.855. The van der Waals surface area contributed by atoms with Crippen molar-refractivity contribution >= 4 is 11.6 Å². The maximum atomic E-state index is 9.28. The van der Waals surface area contributed by atoms with E-state index < -0.39 is 0 Å². The summed E-state index contributed by atoms with van der Waals surface area (Å²) in [5.74, 6) is 0.184. The number of hydrogen-bond donors (Lipinski definition) is 1. The Kier molecular flexibility index (Phi) is 2.40. The van der Waals surface area contributed by atoms with E-state index in [2.05, 4.69) is 0 Å². The van der Waals surface area contributed by atoms with Crippen molar-refractivity contribution in [2.75, 3.05) is 0 Å². The largest absolute Gasteiger partial charge is 0.506 e. The first kappa shape index (κ1) is 8.41. The Morgan fingerprint density at radius 2 is 2.09 bits per heavy atom. The highest BCUT2D eigenvalue weighted by molar-refractivity contribution is 6.32. The zero-order valence-corrected chi connectivity index (χ0v) is 7.44. The first-order chi connectivity index (χ1) is 5.15. The second kappa shape index (κ2) is 3.14. The standard InChI is InChI=1S/C9H11ClO/c1-3-7-4-6(2)5-8(11)9(7)10/h4-5,11H,3H2,1-2H3. The van der Waals surface area contributed by atoms with Gasteiger partial charge in [-0.3, -0.25) is 0 Å². The number of rotatable bonds is 1. The molecule has 0 radical (unpaired) electrons. The number of aryl methyl sites for hydroxylation is 2. The molecule has 0 aliphatic rings. The molecule has 0 saturated heterocycles. The lowest BCUT2D eigenvalue weighted by Gasteiger charge is -2.04. The zero-order chi connectivity index (χ0) is 8.43. The molecule has 1 N–H and O–H groups in total. The number of hydrogen-bond acceptors (Lipinski definition) is 1. The van der Waals surface area contributed by atoms with E-state index in [0.717, 1.165) is 17.5 Å². The van der Waals surface area contributed by atoms with Gasteiger partial charge in [0, 0.05) is 0 Å². The Bertz CT molecular complexity index is 269. The van der Waals surface area contributed by atoms with Gasteiger partial charge in [-0.25, -0.2) is 0 Å². The number of aromatic hydroxyl groups is 1. The number of halogens is 1. The third-order valence-electron chi connectivity index (χ3n) is 1.65. The molecule has 0 aliphatic carbocycles. The van der Waals surface area contributed by atoms with E-state index in [4.69, 9.17) is 11.6 Å². The molecule has 0 aromatic heterocycles. The van der Waals surface area contributed by atoms with Crippen LogP contribution in [0.15, 0.2) is 12.1 Å². The third kappa shape index (κ3) is 1.66. The first-order valence-corrected chi connectivity index (χ1v) is 4.01. The highest BCUT2D eigenvalue weighted by Crippen LogP contribution is 2.28. The molecule has 11 heavy (non-hydrogen) atoms. The minimum atomic E-state index is 0.184. The van der Waals surface area contributed by atoms with Crippen molar-refractivity contribution < 1.29 is 5.11 Å². The molecule has 0 aliphatic heterocycles. The van der Waals surface area contributed by atoms with Gasteiger partial charge in [0.25, 0.3) is 0 Å². The smallest absolute Gasteiger partial charge is 0.134 e. The van der Waals surface area contributed by atoms with Crippen molar-refractivity contribution in [1.29, 1.82) is 0 Å². The van der Waals surface area contributed by atoms with Crippen molar-refractivity contribution in [2.45, 2.75) is 20.3 Å². The SMILES string of the molecule is CCc1cc(C)cc(O)c1Cl. The summed E-state index contributed by atoms with van der Waals surface area (Å²) in [5, 5.41) is 9.76. The van der Waals surface area contributed by atoms with Crippen molar-refractivity contribution in [3.05, 3.63) is 28.3 Å². The van der Waals surface area contributed by atoms with E-state index in [9.17, 15) is 5.11 Å². The summed E-state index contributed by atoms with van der Waals surface area (Å²) in [5.41, 5.74) is 2.05. The molecule has 0 atom stereocenters. The van der Waals surface area contributed by atoms with Gasteiger partial charge in [-0.1, -0.05) is 24.6 Å². The maximum absolute atomic E-state index is 9.28. The minimum Gasteiger partial charge on any atom is -0.506 e. The summed E-state index contributed by atoms with van der Waals surface area (Å²) in [7, 11) is 0. The molecule has 1 aromatic carbocycles. The molecule has 0 spiro atoms. The molecule has 0 fully saturated rings. The fraction of sp³-hybridized carbons (Fsp3) is 0.333. The van der Waals surface area contributed by atoms with Crippen LogP contribution in [0.3, 0.4) is 0 Å². The molecular formula is C9H11ClO. The molecule has 0 bridgehead atoms. The van der Waals surface area contributed by atoms with Gasteiger partial charge in [0.2, 0.25) is 0 Å². The molecule has 1 rings (SSSR count). The van der Waals surface area contributed by atoms with E-state index in [-0.39, 0.29) is 5.75 Å². The van der Waals surface area contributed by atoms with Gasteiger partial charge in [0.05, 0.1) is 5.02 Å². The number of phenols is 1. The van der Waals surface area contributed by atoms with Crippen LogP contribution in [0.25, 0.3) is 0 Å². The molecule has 1 nitrogen and oxygen atoms in total. The monoisotopic (exact) mass is 170 g/mol. The van der Waals surface area contributed by atoms with Crippen LogP contribution in [0.5, 0.6) is 5.75 Å². The van der Waals surface area contributed by atoms with Crippen LogP contribution in [0.2, 0.25) is 5.02 Å². The van der Waals surface area contributed by atoms with E-state index >= 15 is 0 Å². The zero-order valence-electron chi connectivity index (χ0n) is 6.69. The molecule has 0 amide bonds. The lowest BCUT2D eigenvalue weighted by molar-refractivity contribution is 0.474. The fourth-order valence-corrected chi connectivity index (χ4v) is 1.32. The van der Waals surface area contributed by atoms with Crippen LogP contribution >= 0.6 is 11.6 Å². The Morgan fingerprint density at radius 3 is 2.64 bits per heavy atom. The third-order valence-corrected chi connectivity index (χ3v) is 2.09. The van der Waals surface area contributed by atoms with Crippen LogP contribution < -0.4 is 0 Å². The summed E-state index contributed by atoms with van der Waals surface area (Å²) in [6, 6.07) is 3.66. The second-order valence-corrected chi connectivity index (χ2v) is 2.99. The number of phenolic OH excluding ortho intramolecular Hbond substituents is 1. The van der Waals surface area contributed by atoms with E-state index in [1.165, 1.54) is 0 Å². The van der Waals surface area contributed by atoms with E-state index in [1.807, 2.05) is 19.9 Å².